The van der Waals surface area contributed by atoms with Gasteiger partial charge in [-0.15, -0.1) is 11.3 Å². The number of hydrazone groups is 1. The summed E-state index contributed by atoms with van der Waals surface area (Å²) in [6, 6.07) is 14.0. The van der Waals surface area contributed by atoms with Gasteiger partial charge in [-0.1, -0.05) is 18.2 Å². The molecule has 122 valence electrons. The molecule has 4 nitrogen and oxygen atoms in total. The number of anilines is 1. The van der Waals surface area contributed by atoms with Gasteiger partial charge in [-0.3, -0.25) is 5.43 Å². The molecule has 3 rings (SSSR count). The third-order valence-electron chi connectivity index (χ3n) is 3.23. The SMILES string of the molecule is Cc1csc(N/N=C/c2ccc(OCc3ccccc3F)cc2)n1. The Morgan fingerprint density at radius 1 is 1.21 bits per heavy atom. The highest BCUT2D eigenvalue weighted by atomic mass is 32.1. The number of aryl methyl sites for hydroxylation is 1. The molecule has 0 aliphatic heterocycles. The fourth-order valence-corrected chi connectivity index (χ4v) is 2.63. The average molecular weight is 341 g/mol. The highest BCUT2D eigenvalue weighted by molar-refractivity contribution is 7.13. The van der Waals surface area contributed by atoms with Crippen LogP contribution in [0.15, 0.2) is 59.0 Å². The van der Waals surface area contributed by atoms with E-state index in [4.69, 9.17) is 4.74 Å². The van der Waals surface area contributed by atoms with E-state index >= 15 is 0 Å². The van der Waals surface area contributed by atoms with Crippen molar-refractivity contribution in [2.24, 2.45) is 5.10 Å². The lowest BCUT2D eigenvalue weighted by molar-refractivity contribution is 0.300. The maximum atomic E-state index is 13.5. The quantitative estimate of drug-likeness (QED) is 0.526. The number of hydrogen-bond donors (Lipinski definition) is 1. The van der Waals surface area contributed by atoms with E-state index in [0.717, 1.165) is 16.4 Å². The molecule has 0 saturated carbocycles. The molecule has 3 aromatic rings. The second kappa shape index (κ2) is 7.70. The van der Waals surface area contributed by atoms with Crippen molar-refractivity contribution in [1.29, 1.82) is 0 Å². The maximum Gasteiger partial charge on any atom is 0.203 e. The largest absolute Gasteiger partial charge is 0.489 e. The van der Waals surface area contributed by atoms with Gasteiger partial charge in [0.15, 0.2) is 0 Å². The van der Waals surface area contributed by atoms with Gasteiger partial charge in [0, 0.05) is 10.9 Å². The van der Waals surface area contributed by atoms with Crippen molar-refractivity contribution >= 4 is 22.7 Å². The number of thiazole rings is 1. The minimum Gasteiger partial charge on any atom is -0.489 e. The van der Waals surface area contributed by atoms with Gasteiger partial charge in [0.05, 0.1) is 11.9 Å². The van der Waals surface area contributed by atoms with Gasteiger partial charge in [0.25, 0.3) is 0 Å². The second-order valence-corrected chi connectivity index (χ2v) is 5.97. The molecule has 0 fully saturated rings. The third kappa shape index (κ3) is 4.39. The van der Waals surface area contributed by atoms with Crippen molar-refractivity contribution in [3.8, 4) is 5.75 Å². The van der Waals surface area contributed by atoms with E-state index in [1.807, 2.05) is 36.6 Å². The van der Waals surface area contributed by atoms with Crippen LogP contribution in [0.2, 0.25) is 0 Å². The summed E-state index contributed by atoms with van der Waals surface area (Å²) >= 11 is 1.51. The van der Waals surface area contributed by atoms with Crippen LogP contribution in [0, 0.1) is 12.7 Å². The average Bonchev–Trinajstić information content (AvgIpc) is 3.01. The zero-order valence-electron chi connectivity index (χ0n) is 13.1. The fraction of sp³-hybridized carbons (Fsp3) is 0.111. The Balaban J connectivity index is 1.54. The van der Waals surface area contributed by atoms with Crippen molar-refractivity contribution in [3.63, 3.8) is 0 Å². The van der Waals surface area contributed by atoms with Crippen LogP contribution in [-0.4, -0.2) is 11.2 Å². The summed E-state index contributed by atoms with van der Waals surface area (Å²) in [5, 5.41) is 6.86. The Hall–Kier alpha value is -2.73. The highest BCUT2D eigenvalue weighted by Crippen LogP contribution is 2.16. The van der Waals surface area contributed by atoms with Gasteiger partial charge in [0.1, 0.15) is 18.2 Å². The number of aromatic nitrogens is 1. The Morgan fingerprint density at radius 2 is 2.00 bits per heavy atom. The van der Waals surface area contributed by atoms with Crippen LogP contribution in [-0.2, 0) is 6.61 Å². The zero-order valence-corrected chi connectivity index (χ0v) is 13.9. The predicted octanol–water partition coefficient (Wildman–Crippen LogP) is 4.62. The molecule has 0 aliphatic rings. The predicted molar refractivity (Wildman–Crippen MR) is 95.2 cm³/mol. The van der Waals surface area contributed by atoms with E-state index < -0.39 is 0 Å². The van der Waals surface area contributed by atoms with Crippen molar-refractivity contribution < 1.29 is 9.13 Å². The van der Waals surface area contributed by atoms with Crippen LogP contribution in [0.5, 0.6) is 5.75 Å². The van der Waals surface area contributed by atoms with Gasteiger partial charge in [-0.25, -0.2) is 9.37 Å². The van der Waals surface area contributed by atoms with E-state index in [1.165, 1.54) is 17.4 Å². The summed E-state index contributed by atoms with van der Waals surface area (Å²) in [5.41, 5.74) is 5.31. The highest BCUT2D eigenvalue weighted by Gasteiger charge is 2.01. The number of ether oxygens (including phenoxy) is 1. The molecule has 0 spiro atoms. The molecule has 0 radical (unpaired) electrons. The number of nitrogens with zero attached hydrogens (tertiary/aromatic N) is 2. The molecule has 0 amide bonds. The first-order valence-corrected chi connectivity index (χ1v) is 8.26. The molecule has 1 heterocycles. The zero-order chi connectivity index (χ0) is 16.8. The molecule has 0 aliphatic carbocycles. The van der Waals surface area contributed by atoms with E-state index in [-0.39, 0.29) is 12.4 Å². The molecule has 1 N–H and O–H groups in total. The van der Waals surface area contributed by atoms with Crippen molar-refractivity contribution in [2.75, 3.05) is 5.43 Å². The summed E-state index contributed by atoms with van der Waals surface area (Å²) in [7, 11) is 0. The number of benzene rings is 2. The van der Waals surface area contributed by atoms with Gasteiger partial charge in [0.2, 0.25) is 5.13 Å². The van der Waals surface area contributed by atoms with Crippen LogP contribution in [0.1, 0.15) is 16.8 Å². The number of halogens is 1. The molecular formula is C18H16FN3OS. The Kier molecular flexibility index (Phi) is 5.18. The van der Waals surface area contributed by atoms with Crippen molar-refractivity contribution in [2.45, 2.75) is 13.5 Å². The van der Waals surface area contributed by atoms with Crippen molar-refractivity contribution in [3.05, 3.63) is 76.5 Å². The number of rotatable bonds is 6. The van der Waals surface area contributed by atoms with Gasteiger partial charge in [-0.05, 0) is 42.8 Å². The molecule has 0 saturated heterocycles. The minimum atomic E-state index is -0.259. The first kappa shape index (κ1) is 16.1. The molecule has 1 aromatic heterocycles. The monoisotopic (exact) mass is 341 g/mol. The van der Waals surface area contributed by atoms with E-state index in [0.29, 0.717) is 11.3 Å². The van der Waals surface area contributed by atoms with Crippen LogP contribution in [0.3, 0.4) is 0 Å². The van der Waals surface area contributed by atoms with Crippen molar-refractivity contribution in [1.82, 2.24) is 4.98 Å². The Labute approximate surface area is 143 Å². The standard InChI is InChI=1S/C18H16FN3OS/c1-13-12-24-18(21-13)22-20-10-14-6-8-16(9-7-14)23-11-15-4-2-3-5-17(15)19/h2-10,12H,11H2,1H3,(H,21,22)/b20-10+. The first-order valence-electron chi connectivity index (χ1n) is 7.38. The molecule has 2 aromatic carbocycles. The van der Waals surface area contributed by atoms with E-state index in [1.54, 1.807) is 24.4 Å². The van der Waals surface area contributed by atoms with Gasteiger partial charge >= 0.3 is 0 Å². The van der Waals surface area contributed by atoms with Crippen LogP contribution >= 0.6 is 11.3 Å². The lowest BCUT2D eigenvalue weighted by Crippen LogP contribution is -1.98. The normalized spacial score (nSPS) is 10.9. The Morgan fingerprint density at radius 3 is 2.71 bits per heavy atom. The third-order valence-corrected chi connectivity index (χ3v) is 4.09. The maximum absolute atomic E-state index is 13.5. The fourth-order valence-electron chi connectivity index (χ4n) is 1.99. The van der Waals surface area contributed by atoms with Crippen LogP contribution in [0.25, 0.3) is 0 Å². The van der Waals surface area contributed by atoms with Gasteiger partial charge in [-0.2, -0.15) is 5.10 Å². The molecule has 0 atom stereocenters. The molecule has 24 heavy (non-hydrogen) atoms. The minimum absolute atomic E-state index is 0.199. The number of hydrogen-bond acceptors (Lipinski definition) is 5. The molecule has 0 bridgehead atoms. The summed E-state index contributed by atoms with van der Waals surface area (Å²) in [6.07, 6.45) is 1.71. The summed E-state index contributed by atoms with van der Waals surface area (Å²) in [5.74, 6) is 0.420. The topological polar surface area (TPSA) is 46.5 Å². The first-order chi connectivity index (χ1) is 11.7. The lowest BCUT2D eigenvalue weighted by atomic mass is 10.2. The van der Waals surface area contributed by atoms with Crippen LogP contribution in [0.4, 0.5) is 9.52 Å². The summed E-state index contributed by atoms with van der Waals surface area (Å²) < 4.78 is 19.1. The van der Waals surface area contributed by atoms with E-state index in [2.05, 4.69) is 15.5 Å². The molecule has 0 unspecified atom stereocenters. The molecule has 6 heteroatoms. The smallest absolute Gasteiger partial charge is 0.203 e. The summed E-state index contributed by atoms with van der Waals surface area (Å²) in [6.45, 7) is 2.14. The lowest BCUT2D eigenvalue weighted by Gasteiger charge is -2.07. The Bertz CT molecular complexity index is 830. The van der Waals surface area contributed by atoms with E-state index in [9.17, 15) is 4.39 Å². The summed E-state index contributed by atoms with van der Waals surface area (Å²) in [4.78, 5) is 4.26. The number of nitrogens with one attached hydrogen (secondary N) is 1. The second-order valence-electron chi connectivity index (χ2n) is 5.11. The molecular weight excluding hydrogens is 325 g/mol. The van der Waals surface area contributed by atoms with Gasteiger partial charge < -0.3 is 4.74 Å². The van der Waals surface area contributed by atoms with Crippen LogP contribution < -0.4 is 10.2 Å².